The Morgan fingerprint density at radius 2 is 1.03 bits per heavy atom. The maximum atomic E-state index is 2.70. The molecule has 8 aromatic carbocycles. The molecule has 2 aliphatic carbocycles. The van der Waals surface area contributed by atoms with E-state index in [1.54, 1.807) is 0 Å². The molecule has 2 aliphatic rings. The molecule has 0 spiro atoms. The SMILES string of the molecule is CC(C)(C)c1cc(-c2ccc3c(c2)c2ccccc2n3-c2ccccc2)c2c(c1)-c1cc(C(C)(C)C)cc3c1C2c1ccc2c4cc(C(C)(C)C)cc5c6c7ccccc7sc6n(c2c1-3)c45. The first-order chi connectivity index (χ1) is 31.6. The maximum Gasteiger partial charge on any atom is 0.109 e. The Labute approximate surface area is 390 Å². The summed E-state index contributed by atoms with van der Waals surface area (Å²) >= 11 is 1.96. The van der Waals surface area contributed by atoms with Crippen molar-refractivity contribution in [3.05, 3.63) is 179 Å². The largest absolute Gasteiger partial charge is 0.309 e. The second kappa shape index (κ2) is 12.6. The van der Waals surface area contributed by atoms with Gasteiger partial charge in [0.15, 0.2) is 0 Å². The molecule has 0 radical (unpaired) electrons. The molecule has 3 heteroatoms. The summed E-state index contributed by atoms with van der Waals surface area (Å²) in [6.07, 6.45) is 0. The van der Waals surface area contributed by atoms with Gasteiger partial charge in [0, 0.05) is 59.6 Å². The van der Waals surface area contributed by atoms with Crippen LogP contribution in [0.25, 0.3) is 108 Å². The highest BCUT2D eigenvalue weighted by atomic mass is 32.1. The van der Waals surface area contributed by atoms with Gasteiger partial charge < -0.3 is 4.57 Å². The molecule has 0 aliphatic heterocycles. The Balaban J connectivity index is 1.11. The molecule has 2 nitrogen and oxygen atoms in total. The first-order valence-corrected chi connectivity index (χ1v) is 24.6. The van der Waals surface area contributed by atoms with Crippen molar-refractivity contribution in [3.63, 3.8) is 0 Å². The molecule has 14 rings (SSSR count). The van der Waals surface area contributed by atoms with E-state index in [0.29, 0.717) is 0 Å². The van der Waals surface area contributed by atoms with Crippen molar-refractivity contribution >= 4 is 80.6 Å². The highest BCUT2D eigenvalue weighted by Crippen LogP contribution is 2.63. The molecule has 320 valence electrons. The van der Waals surface area contributed by atoms with Crippen LogP contribution in [-0.4, -0.2) is 8.97 Å². The molecule has 0 bridgehead atoms. The van der Waals surface area contributed by atoms with Gasteiger partial charge in [-0.3, -0.25) is 4.40 Å². The van der Waals surface area contributed by atoms with Crippen molar-refractivity contribution in [2.24, 2.45) is 0 Å². The van der Waals surface area contributed by atoms with E-state index in [0.717, 1.165) is 0 Å². The first kappa shape index (κ1) is 38.6. The Bertz CT molecular complexity index is 4090. The molecule has 0 saturated heterocycles. The summed E-state index contributed by atoms with van der Waals surface area (Å²) in [5.74, 6) is 0.113. The van der Waals surface area contributed by atoms with E-state index in [9.17, 15) is 0 Å². The van der Waals surface area contributed by atoms with E-state index in [-0.39, 0.29) is 22.2 Å². The second-order valence-corrected chi connectivity index (χ2v) is 23.6. The topological polar surface area (TPSA) is 9.34 Å². The van der Waals surface area contributed by atoms with Crippen LogP contribution in [0.3, 0.4) is 0 Å². The van der Waals surface area contributed by atoms with Gasteiger partial charge in [0.25, 0.3) is 0 Å². The molecular weight excluding hydrogens is 817 g/mol. The third-order valence-corrected chi connectivity index (χ3v) is 16.7. The average Bonchev–Trinajstić information content (AvgIpc) is 4.13. The Morgan fingerprint density at radius 1 is 0.439 bits per heavy atom. The van der Waals surface area contributed by atoms with Crippen molar-refractivity contribution in [2.45, 2.75) is 84.5 Å². The number of aromatic nitrogens is 2. The number of rotatable bonds is 2. The number of thiophene rings is 1. The fourth-order valence-electron chi connectivity index (χ4n) is 12.2. The molecule has 4 heterocycles. The monoisotopic (exact) mass is 868 g/mol. The molecule has 4 aromatic heterocycles. The molecule has 1 atom stereocenters. The molecule has 0 saturated carbocycles. The highest BCUT2D eigenvalue weighted by molar-refractivity contribution is 7.25. The number of hydrogen-bond donors (Lipinski definition) is 0. The lowest BCUT2D eigenvalue weighted by Gasteiger charge is -2.25. The quantitative estimate of drug-likeness (QED) is 0.164. The minimum Gasteiger partial charge on any atom is -0.309 e. The van der Waals surface area contributed by atoms with Gasteiger partial charge in [0.2, 0.25) is 0 Å². The fourth-order valence-corrected chi connectivity index (χ4v) is 13.4. The van der Waals surface area contributed by atoms with Crippen LogP contribution >= 0.6 is 11.3 Å². The summed E-state index contributed by atoms with van der Waals surface area (Å²) in [7, 11) is 0. The Hall–Kier alpha value is -6.68. The number of hydrogen-bond acceptors (Lipinski definition) is 1. The molecule has 1 unspecified atom stereocenters. The zero-order chi connectivity index (χ0) is 44.9. The average molecular weight is 869 g/mol. The van der Waals surface area contributed by atoms with Crippen molar-refractivity contribution in [3.8, 4) is 39.1 Å². The van der Waals surface area contributed by atoms with Gasteiger partial charge in [-0.25, -0.2) is 0 Å². The van der Waals surface area contributed by atoms with E-state index in [4.69, 9.17) is 0 Å². The first-order valence-electron chi connectivity index (χ1n) is 23.8. The maximum absolute atomic E-state index is 2.70. The minimum atomic E-state index is -0.0458. The summed E-state index contributed by atoms with van der Waals surface area (Å²) in [5, 5.41) is 9.44. The fraction of sp³-hybridized carbons (Fsp3) is 0.206. The zero-order valence-electron chi connectivity index (χ0n) is 39.2. The van der Waals surface area contributed by atoms with Crippen molar-refractivity contribution in [1.82, 2.24) is 8.97 Å². The molecule has 12 aromatic rings. The van der Waals surface area contributed by atoms with E-state index in [1.807, 2.05) is 11.3 Å². The summed E-state index contributed by atoms with van der Waals surface area (Å²) in [6, 6.07) is 56.4. The third-order valence-electron chi connectivity index (χ3n) is 15.5. The van der Waals surface area contributed by atoms with E-state index in [1.165, 1.54) is 142 Å². The van der Waals surface area contributed by atoms with Gasteiger partial charge in [-0.05, 0) is 126 Å². The van der Waals surface area contributed by atoms with Crippen molar-refractivity contribution in [1.29, 1.82) is 0 Å². The van der Waals surface area contributed by atoms with Crippen molar-refractivity contribution in [2.75, 3.05) is 0 Å². The van der Waals surface area contributed by atoms with E-state index in [2.05, 4.69) is 217 Å². The predicted octanol–water partition coefficient (Wildman–Crippen LogP) is 17.8. The van der Waals surface area contributed by atoms with Gasteiger partial charge in [0.1, 0.15) is 4.83 Å². The molecule has 0 N–H and O–H groups in total. The van der Waals surface area contributed by atoms with Crippen LogP contribution in [0.5, 0.6) is 0 Å². The molecule has 66 heavy (non-hydrogen) atoms. The van der Waals surface area contributed by atoms with Gasteiger partial charge in [-0.15, -0.1) is 11.3 Å². The third kappa shape index (κ3) is 4.97. The van der Waals surface area contributed by atoms with Crippen LogP contribution in [-0.2, 0) is 16.2 Å². The Kier molecular flexibility index (Phi) is 7.36. The minimum absolute atomic E-state index is 0.00491. The lowest BCUT2D eigenvalue weighted by Crippen LogP contribution is -2.12. The van der Waals surface area contributed by atoms with Crippen LogP contribution < -0.4 is 0 Å². The number of nitrogens with zero attached hydrogens (tertiary/aromatic N) is 2. The summed E-state index contributed by atoms with van der Waals surface area (Å²) in [5.41, 5.74) is 23.1. The predicted molar refractivity (Wildman–Crippen MR) is 284 cm³/mol. The van der Waals surface area contributed by atoms with Gasteiger partial charge in [-0.2, -0.15) is 0 Å². The lowest BCUT2D eigenvalue weighted by molar-refractivity contribution is 0.589. The number of benzene rings is 8. The Morgan fingerprint density at radius 3 is 1.76 bits per heavy atom. The summed E-state index contributed by atoms with van der Waals surface area (Å²) < 4.78 is 6.48. The van der Waals surface area contributed by atoms with Crippen LogP contribution in [0.2, 0.25) is 0 Å². The lowest BCUT2D eigenvalue weighted by atomic mass is 9.79. The second-order valence-electron chi connectivity index (χ2n) is 22.5. The van der Waals surface area contributed by atoms with Crippen LogP contribution in [0, 0.1) is 0 Å². The summed E-state index contributed by atoms with van der Waals surface area (Å²) in [6.45, 7) is 21.4. The standard InChI is InChI=1S/C63H52N2S/c1-61(2,3)35-28-43(34-23-26-51-44(27-34)39-19-13-15-21-50(39)64(51)38-17-11-10-12-18-38)53-45(29-35)46-30-36(62(4,5)6)32-48-54(46)57(53)42-25-24-40-47-31-37(63(7,8)9)33-49-56-41-20-14-16-22-52(41)66-60(56)65(58(47)49)59(40)55(42)48/h10-33,57H,1-9H3. The van der Waals surface area contributed by atoms with Crippen molar-refractivity contribution < 1.29 is 0 Å². The van der Waals surface area contributed by atoms with E-state index >= 15 is 0 Å². The van der Waals surface area contributed by atoms with Gasteiger partial charge in [-0.1, -0.05) is 159 Å². The normalized spacial score (nSPS) is 14.9. The zero-order valence-corrected chi connectivity index (χ0v) is 40.1. The number of para-hydroxylation sites is 2. The number of fused-ring (bicyclic) bond motifs is 18. The van der Waals surface area contributed by atoms with Gasteiger partial charge >= 0.3 is 0 Å². The summed E-state index contributed by atoms with van der Waals surface area (Å²) in [4.78, 5) is 1.36. The highest BCUT2D eigenvalue weighted by Gasteiger charge is 2.44. The molecule has 0 fully saturated rings. The molecular formula is C63H52N2S. The van der Waals surface area contributed by atoms with Crippen LogP contribution in [0.4, 0.5) is 0 Å². The van der Waals surface area contributed by atoms with Crippen LogP contribution in [0.15, 0.2) is 146 Å². The van der Waals surface area contributed by atoms with E-state index < -0.39 is 0 Å². The smallest absolute Gasteiger partial charge is 0.109 e. The van der Waals surface area contributed by atoms with Crippen LogP contribution in [0.1, 0.15) is 102 Å². The van der Waals surface area contributed by atoms with Gasteiger partial charge in [0.05, 0.1) is 22.1 Å². The molecule has 0 amide bonds.